The second kappa shape index (κ2) is 6.12. The molecule has 0 bridgehead atoms. The summed E-state index contributed by atoms with van der Waals surface area (Å²) in [7, 11) is 4.31. The van der Waals surface area contributed by atoms with Crippen LogP contribution in [0.1, 0.15) is 24.1 Å². The SMILES string of the molecule is CN1CCCC(N(C)Cc2cccnc2C(=N)N)C1. The second-order valence-electron chi connectivity index (χ2n) is 5.40. The number of amidine groups is 1. The topological polar surface area (TPSA) is 69.2 Å². The molecule has 1 saturated heterocycles. The van der Waals surface area contributed by atoms with Crippen molar-refractivity contribution in [1.82, 2.24) is 14.8 Å². The standard InChI is InChI=1S/C14H23N5/c1-18-8-4-6-12(10-18)19(2)9-11-5-3-7-17-13(11)14(15)16/h3,5,7,12H,4,6,8-10H2,1-2H3,(H3,15,16). The number of rotatable bonds is 4. The van der Waals surface area contributed by atoms with Gasteiger partial charge >= 0.3 is 0 Å². The molecule has 2 heterocycles. The van der Waals surface area contributed by atoms with Crippen LogP contribution in [-0.2, 0) is 6.54 Å². The van der Waals surface area contributed by atoms with Gasteiger partial charge in [-0.05, 0) is 45.1 Å². The number of nitrogens with zero attached hydrogens (tertiary/aromatic N) is 3. The number of pyridine rings is 1. The van der Waals surface area contributed by atoms with Crippen LogP contribution >= 0.6 is 0 Å². The molecule has 1 aromatic rings. The summed E-state index contributed by atoms with van der Waals surface area (Å²) in [6, 6.07) is 4.48. The van der Waals surface area contributed by atoms with Crippen molar-refractivity contribution in [3.8, 4) is 0 Å². The first-order valence-corrected chi connectivity index (χ1v) is 6.75. The van der Waals surface area contributed by atoms with E-state index in [4.69, 9.17) is 11.1 Å². The van der Waals surface area contributed by atoms with Gasteiger partial charge in [0.05, 0.1) is 0 Å². The molecule has 1 fully saturated rings. The van der Waals surface area contributed by atoms with E-state index in [0.29, 0.717) is 11.7 Å². The predicted molar refractivity (Wildman–Crippen MR) is 77.2 cm³/mol. The molecule has 1 atom stereocenters. The third kappa shape index (κ3) is 3.52. The minimum absolute atomic E-state index is 0.0461. The first-order valence-electron chi connectivity index (χ1n) is 6.75. The van der Waals surface area contributed by atoms with Crippen molar-refractivity contribution in [2.24, 2.45) is 5.73 Å². The van der Waals surface area contributed by atoms with E-state index in [2.05, 4.69) is 28.9 Å². The largest absolute Gasteiger partial charge is 0.382 e. The highest BCUT2D eigenvalue weighted by atomic mass is 15.2. The number of nitrogens with one attached hydrogen (secondary N) is 1. The smallest absolute Gasteiger partial charge is 0.142 e. The maximum absolute atomic E-state index is 7.59. The van der Waals surface area contributed by atoms with Crippen LogP contribution in [0.25, 0.3) is 0 Å². The fourth-order valence-corrected chi connectivity index (χ4v) is 2.71. The monoisotopic (exact) mass is 261 g/mol. The Bertz CT molecular complexity index is 445. The summed E-state index contributed by atoms with van der Waals surface area (Å²) in [6.07, 6.45) is 4.17. The molecule has 104 valence electrons. The van der Waals surface area contributed by atoms with Crippen LogP contribution in [0.4, 0.5) is 0 Å². The lowest BCUT2D eigenvalue weighted by molar-refractivity contribution is 0.129. The van der Waals surface area contributed by atoms with Crippen molar-refractivity contribution in [1.29, 1.82) is 5.41 Å². The Morgan fingerprint density at radius 2 is 2.42 bits per heavy atom. The number of piperidine rings is 1. The summed E-state index contributed by atoms with van der Waals surface area (Å²) < 4.78 is 0. The molecule has 1 aliphatic rings. The van der Waals surface area contributed by atoms with E-state index < -0.39 is 0 Å². The van der Waals surface area contributed by atoms with E-state index in [-0.39, 0.29) is 5.84 Å². The van der Waals surface area contributed by atoms with E-state index in [1.807, 2.05) is 12.1 Å². The number of hydrogen-bond donors (Lipinski definition) is 2. The van der Waals surface area contributed by atoms with Crippen LogP contribution in [0.5, 0.6) is 0 Å². The molecule has 2 rings (SSSR count). The van der Waals surface area contributed by atoms with Crippen LogP contribution in [0, 0.1) is 5.41 Å². The van der Waals surface area contributed by atoms with E-state index in [0.717, 1.165) is 18.7 Å². The fourth-order valence-electron chi connectivity index (χ4n) is 2.71. The van der Waals surface area contributed by atoms with Crippen molar-refractivity contribution in [3.05, 3.63) is 29.6 Å². The molecule has 19 heavy (non-hydrogen) atoms. The molecule has 0 saturated carbocycles. The van der Waals surface area contributed by atoms with Crippen LogP contribution in [0.2, 0.25) is 0 Å². The van der Waals surface area contributed by atoms with Crippen molar-refractivity contribution < 1.29 is 0 Å². The van der Waals surface area contributed by atoms with Crippen molar-refractivity contribution >= 4 is 5.84 Å². The Morgan fingerprint density at radius 1 is 1.63 bits per heavy atom. The molecule has 1 aromatic heterocycles. The van der Waals surface area contributed by atoms with E-state index in [1.165, 1.54) is 19.4 Å². The molecule has 0 spiro atoms. The first kappa shape index (κ1) is 14.0. The fraction of sp³-hybridized carbons (Fsp3) is 0.571. The molecular formula is C14H23N5. The van der Waals surface area contributed by atoms with Crippen LogP contribution in [-0.4, -0.2) is 53.8 Å². The van der Waals surface area contributed by atoms with Crippen LogP contribution in [0.15, 0.2) is 18.3 Å². The van der Waals surface area contributed by atoms with Crippen LogP contribution < -0.4 is 5.73 Å². The van der Waals surface area contributed by atoms with Gasteiger partial charge in [-0.25, -0.2) is 0 Å². The van der Waals surface area contributed by atoms with Crippen LogP contribution in [0.3, 0.4) is 0 Å². The van der Waals surface area contributed by atoms with Gasteiger partial charge in [0.15, 0.2) is 0 Å². The number of likely N-dealkylation sites (N-methyl/N-ethyl adjacent to an activating group) is 2. The number of likely N-dealkylation sites (tertiary alicyclic amines) is 1. The number of nitrogen functional groups attached to an aromatic ring is 1. The van der Waals surface area contributed by atoms with Gasteiger partial charge in [-0.1, -0.05) is 6.07 Å². The molecular weight excluding hydrogens is 238 g/mol. The summed E-state index contributed by atoms with van der Waals surface area (Å²) in [5.41, 5.74) is 7.23. The van der Waals surface area contributed by atoms with E-state index >= 15 is 0 Å². The zero-order valence-corrected chi connectivity index (χ0v) is 11.8. The lowest BCUT2D eigenvalue weighted by Gasteiger charge is -2.36. The molecule has 5 heteroatoms. The average Bonchev–Trinajstić information content (AvgIpc) is 2.39. The summed E-state index contributed by atoms with van der Waals surface area (Å²) in [4.78, 5) is 8.93. The van der Waals surface area contributed by atoms with E-state index in [1.54, 1.807) is 6.20 Å². The summed E-state index contributed by atoms with van der Waals surface area (Å²) in [6.45, 7) is 3.09. The van der Waals surface area contributed by atoms with E-state index in [9.17, 15) is 0 Å². The zero-order chi connectivity index (χ0) is 13.8. The van der Waals surface area contributed by atoms with Crippen molar-refractivity contribution in [2.45, 2.75) is 25.4 Å². The van der Waals surface area contributed by atoms with Crippen molar-refractivity contribution in [2.75, 3.05) is 27.2 Å². The highest BCUT2D eigenvalue weighted by Crippen LogP contribution is 2.16. The molecule has 0 amide bonds. The number of aromatic nitrogens is 1. The Balaban J connectivity index is 2.06. The average molecular weight is 261 g/mol. The summed E-state index contributed by atoms with van der Waals surface area (Å²) >= 11 is 0. The van der Waals surface area contributed by atoms with Gasteiger partial charge in [0.25, 0.3) is 0 Å². The van der Waals surface area contributed by atoms with Gasteiger partial charge < -0.3 is 10.6 Å². The van der Waals surface area contributed by atoms with Gasteiger partial charge in [-0.2, -0.15) is 0 Å². The van der Waals surface area contributed by atoms with Gasteiger partial charge in [-0.15, -0.1) is 0 Å². The minimum atomic E-state index is 0.0461. The predicted octanol–water partition coefficient (Wildman–Crippen LogP) is 0.892. The van der Waals surface area contributed by atoms with Gasteiger partial charge in [-0.3, -0.25) is 15.3 Å². The van der Waals surface area contributed by atoms with Gasteiger partial charge in [0, 0.05) is 25.3 Å². The van der Waals surface area contributed by atoms with Gasteiger partial charge in [0.2, 0.25) is 0 Å². The minimum Gasteiger partial charge on any atom is -0.382 e. The Labute approximate surface area is 114 Å². The summed E-state index contributed by atoms with van der Waals surface area (Å²) in [5.74, 6) is 0.0461. The number of hydrogen-bond acceptors (Lipinski definition) is 4. The molecule has 1 unspecified atom stereocenters. The lowest BCUT2D eigenvalue weighted by atomic mass is 10.0. The zero-order valence-electron chi connectivity index (χ0n) is 11.8. The Morgan fingerprint density at radius 3 is 3.11 bits per heavy atom. The molecule has 0 aliphatic carbocycles. The molecule has 3 N–H and O–H groups in total. The normalized spacial score (nSPS) is 20.7. The maximum atomic E-state index is 7.59. The Kier molecular flexibility index (Phi) is 4.50. The van der Waals surface area contributed by atoms with Crippen molar-refractivity contribution in [3.63, 3.8) is 0 Å². The third-order valence-corrected chi connectivity index (χ3v) is 3.79. The Hall–Kier alpha value is -1.46. The third-order valence-electron chi connectivity index (χ3n) is 3.79. The molecule has 1 aliphatic heterocycles. The number of nitrogens with two attached hydrogens (primary N) is 1. The highest BCUT2D eigenvalue weighted by Gasteiger charge is 2.21. The summed E-state index contributed by atoms with van der Waals surface area (Å²) in [5, 5.41) is 7.59. The highest BCUT2D eigenvalue weighted by molar-refractivity contribution is 5.94. The lowest BCUT2D eigenvalue weighted by Crippen LogP contribution is -2.44. The molecule has 0 aromatic carbocycles. The second-order valence-corrected chi connectivity index (χ2v) is 5.40. The first-order chi connectivity index (χ1) is 9.08. The maximum Gasteiger partial charge on any atom is 0.142 e. The molecule has 0 radical (unpaired) electrons. The molecule has 5 nitrogen and oxygen atoms in total. The van der Waals surface area contributed by atoms with Gasteiger partial charge in [0.1, 0.15) is 11.5 Å². The quantitative estimate of drug-likeness (QED) is 0.624.